The third-order valence-corrected chi connectivity index (χ3v) is 4.67. The Morgan fingerprint density at radius 2 is 2.32 bits per heavy atom. The number of ether oxygens (including phenoxy) is 1. The van der Waals surface area contributed by atoms with Gasteiger partial charge in [0.15, 0.2) is 5.13 Å². The Morgan fingerprint density at radius 3 is 3.00 bits per heavy atom. The Morgan fingerprint density at radius 1 is 1.47 bits per heavy atom. The molecule has 0 aromatic carbocycles. The second-order valence-electron chi connectivity index (χ2n) is 4.99. The monoisotopic (exact) mass is 283 g/mol. The third-order valence-electron chi connectivity index (χ3n) is 3.49. The minimum atomic E-state index is 0.360. The molecular formula is C14H25N3OS. The van der Waals surface area contributed by atoms with Gasteiger partial charge in [0.2, 0.25) is 0 Å². The Bertz CT molecular complexity index is 392. The van der Waals surface area contributed by atoms with E-state index in [2.05, 4.69) is 18.7 Å². The number of hydrogen-bond acceptors (Lipinski definition) is 5. The summed E-state index contributed by atoms with van der Waals surface area (Å²) in [6.07, 6.45) is 4.87. The third kappa shape index (κ3) is 3.68. The maximum Gasteiger partial charge on any atom is 0.185 e. The second-order valence-corrected chi connectivity index (χ2v) is 6.05. The highest BCUT2D eigenvalue weighted by molar-refractivity contribution is 7.15. The van der Waals surface area contributed by atoms with Crippen molar-refractivity contribution >= 4 is 16.5 Å². The van der Waals surface area contributed by atoms with Crippen LogP contribution in [0.1, 0.15) is 43.7 Å². The van der Waals surface area contributed by atoms with Crippen LogP contribution in [0.4, 0.5) is 5.13 Å². The minimum Gasteiger partial charge on any atom is -0.377 e. The van der Waals surface area contributed by atoms with Crippen molar-refractivity contribution in [2.24, 2.45) is 5.73 Å². The molecule has 2 rings (SSSR count). The molecule has 2 N–H and O–H groups in total. The lowest BCUT2D eigenvalue weighted by Gasteiger charge is -2.32. The van der Waals surface area contributed by atoms with E-state index in [-0.39, 0.29) is 0 Å². The standard InChI is InChI=1S/C14H25N3OS/c1-3-6-12-13(9-15)19-14(16-12)17-8-5-7-11(10-17)18-4-2/h11H,3-10,15H2,1-2H3. The van der Waals surface area contributed by atoms with Crippen LogP contribution in [0.3, 0.4) is 0 Å². The van der Waals surface area contributed by atoms with Crippen molar-refractivity contribution in [1.29, 1.82) is 0 Å². The van der Waals surface area contributed by atoms with Gasteiger partial charge >= 0.3 is 0 Å². The van der Waals surface area contributed by atoms with Crippen LogP contribution >= 0.6 is 11.3 Å². The van der Waals surface area contributed by atoms with E-state index in [1.807, 2.05) is 0 Å². The Hall–Kier alpha value is -0.650. The zero-order valence-electron chi connectivity index (χ0n) is 12.0. The highest BCUT2D eigenvalue weighted by atomic mass is 32.1. The highest BCUT2D eigenvalue weighted by Crippen LogP contribution is 2.29. The van der Waals surface area contributed by atoms with E-state index in [0.29, 0.717) is 12.6 Å². The van der Waals surface area contributed by atoms with Crippen LogP contribution in [0.2, 0.25) is 0 Å². The first-order valence-electron chi connectivity index (χ1n) is 7.33. The van der Waals surface area contributed by atoms with E-state index in [1.54, 1.807) is 11.3 Å². The fraction of sp³-hybridized carbons (Fsp3) is 0.786. The molecule has 108 valence electrons. The van der Waals surface area contributed by atoms with Crippen LogP contribution < -0.4 is 10.6 Å². The molecule has 1 aromatic heterocycles. The quantitative estimate of drug-likeness (QED) is 0.872. The summed E-state index contributed by atoms with van der Waals surface area (Å²) in [5.41, 5.74) is 7.02. The number of rotatable bonds is 6. The summed E-state index contributed by atoms with van der Waals surface area (Å²) in [6, 6.07) is 0. The van der Waals surface area contributed by atoms with Gasteiger partial charge in [-0.05, 0) is 26.2 Å². The molecule has 1 fully saturated rings. The first-order valence-corrected chi connectivity index (χ1v) is 8.15. The van der Waals surface area contributed by atoms with Gasteiger partial charge in [0.05, 0.1) is 11.8 Å². The van der Waals surface area contributed by atoms with Crippen molar-refractivity contribution in [3.8, 4) is 0 Å². The first-order chi connectivity index (χ1) is 9.28. The van der Waals surface area contributed by atoms with Crippen LogP contribution in [0.15, 0.2) is 0 Å². The molecule has 1 aliphatic heterocycles. The van der Waals surface area contributed by atoms with Gasteiger partial charge in [-0.3, -0.25) is 0 Å². The molecule has 0 saturated carbocycles. The van der Waals surface area contributed by atoms with Crippen LogP contribution in [-0.2, 0) is 17.7 Å². The highest BCUT2D eigenvalue weighted by Gasteiger charge is 2.23. The Kier molecular flexibility index (Phi) is 5.60. The normalized spacial score (nSPS) is 19.9. The number of piperidine rings is 1. The van der Waals surface area contributed by atoms with E-state index >= 15 is 0 Å². The molecule has 0 bridgehead atoms. The Labute approximate surface area is 120 Å². The van der Waals surface area contributed by atoms with E-state index in [1.165, 1.54) is 23.4 Å². The predicted molar refractivity (Wildman–Crippen MR) is 80.9 cm³/mol. The molecule has 0 aliphatic carbocycles. The molecule has 0 radical (unpaired) electrons. The van der Waals surface area contributed by atoms with Crippen LogP contribution in [0.5, 0.6) is 0 Å². The fourth-order valence-electron chi connectivity index (χ4n) is 2.58. The van der Waals surface area contributed by atoms with E-state index < -0.39 is 0 Å². The van der Waals surface area contributed by atoms with Gasteiger partial charge in [0.1, 0.15) is 0 Å². The Balaban J connectivity index is 2.07. The van der Waals surface area contributed by atoms with Crippen molar-refractivity contribution in [3.05, 3.63) is 10.6 Å². The number of hydrogen-bond donors (Lipinski definition) is 1. The fourth-order valence-corrected chi connectivity index (χ4v) is 3.60. The van der Waals surface area contributed by atoms with E-state index in [9.17, 15) is 0 Å². The van der Waals surface area contributed by atoms with Gasteiger partial charge in [-0.1, -0.05) is 13.3 Å². The summed E-state index contributed by atoms with van der Waals surface area (Å²) in [4.78, 5) is 8.41. The molecule has 0 spiro atoms. The van der Waals surface area contributed by atoms with Gasteiger partial charge in [0.25, 0.3) is 0 Å². The number of anilines is 1. The van der Waals surface area contributed by atoms with Crippen LogP contribution in [0.25, 0.3) is 0 Å². The molecule has 1 atom stereocenters. The van der Waals surface area contributed by atoms with Gasteiger partial charge in [-0.2, -0.15) is 0 Å². The predicted octanol–water partition coefficient (Wildman–Crippen LogP) is 2.56. The van der Waals surface area contributed by atoms with Crippen LogP contribution in [0, 0.1) is 0 Å². The zero-order chi connectivity index (χ0) is 13.7. The number of thiazole rings is 1. The smallest absolute Gasteiger partial charge is 0.185 e. The summed E-state index contributed by atoms with van der Waals surface area (Å²) in [5, 5.41) is 1.13. The largest absolute Gasteiger partial charge is 0.377 e. The summed E-state index contributed by atoms with van der Waals surface area (Å²) in [6.45, 7) is 7.71. The van der Waals surface area contributed by atoms with Gasteiger partial charge in [-0.15, -0.1) is 11.3 Å². The summed E-state index contributed by atoms with van der Waals surface area (Å²) in [7, 11) is 0. The average molecular weight is 283 g/mol. The zero-order valence-corrected chi connectivity index (χ0v) is 12.8. The van der Waals surface area contributed by atoms with Crippen LogP contribution in [-0.4, -0.2) is 30.8 Å². The number of aromatic nitrogens is 1. The molecule has 1 unspecified atom stereocenters. The lowest BCUT2D eigenvalue weighted by Crippen LogP contribution is -2.39. The molecule has 1 saturated heterocycles. The SMILES string of the molecule is CCCc1nc(N2CCCC(OCC)C2)sc1CN. The number of nitrogens with two attached hydrogens (primary N) is 1. The van der Waals surface area contributed by atoms with Crippen molar-refractivity contribution in [1.82, 2.24) is 4.98 Å². The van der Waals surface area contributed by atoms with E-state index in [0.717, 1.165) is 37.7 Å². The molecule has 2 heterocycles. The van der Waals surface area contributed by atoms with Crippen molar-refractivity contribution in [3.63, 3.8) is 0 Å². The van der Waals surface area contributed by atoms with Gasteiger partial charge in [-0.25, -0.2) is 4.98 Å². The minimum absolute atomic E-state index is 0.360. The van der Waals surface area contributed by atoms with Crippen molar-refractivity contribution in [2.75, 3.05) is 24.6 Å². The van der Waals surface area contributed by atoms with Gasteiger partial charge < -0.3 is 15.4 Å². The van der Waals surface area contributed by atoms with Gasteiger partial charge in [0, 0.05) is 31.1 Å². The maximum atomic E-state index is 5.83. The lowest BCUT2D eigenvalue weighted by molar-refractivity contribution is 0.0526. The second kappa shape index (κ2) is 7.22. The maximum absolute atomic E-state index is 5.83. The van der Waals surface area contributed by atoms with Crippen molar-refractivity contribution < 1.29 is 4.74 Å². The number of nitrogens with zero attached hydrogens (tertiary/aromatic N) is 2. The average Bonchev–Trinajstić information content (AvgIpc) is 2.83. The summed E-state index contributed by atoms with van der Waals surface area (Å²) >= 11 is 1.76. The van der Waals surface area contributed by atoms with E-state index in [4.69, 9.17) is 15.5 Å². The topological polar surface area (TPSA) is 51.4 Å². The number of aryl methyl sites for hydroxylation is 1. The first kappa shape index (κ1) is 14.8. The molecule has 1 aliphatic rings. The molecule has 5 heteroatoms. The molecule has 4 nitrogen and oxygen atoms in total. The summed E-state index contributed by atoms with van der Waals surface area (Å²) < 4.78 is 5.76. The molecular weight excluding hydrogens is 258 g/mol. The van der Waals surface area contributed by atoms with Crippen molar-refractivity contribution in [2.45, 2.75) is 52.2 Å². The lowest BCUT2D eigenvalue weighted by atomic mass is 10.1. The molecule has 0 amide bonds. The summed E-state index contributed by atoms with van der Waals surface area (Å²) in [5.74, 6) is 0. The molecule has 1 aromatic rings. The molecule has 19 heavy (non-hydrogen) atoms.